The predicted molar refractivity (Wildman–Crippen MR) is 110 cm³/mol. The van der Waals surface area contributed by atoms with E-state index in [-0.39, 0.29) is 11.6 Å². The number of amides is 2. The normalized spacial score (nSPS) is 10.8. The quantitative estimate of drug-likeness (QED) is 0.424. The fraction of sp³-hybridized carbons (Fsp3) is 0.100. The van der Waals surface area contributed by atoms with Gasteiger partial charge in [-0.25, -0.2) is 14.2 Å². The van der Waals surface area contributed by atoms with Gasteiger partial charge in [-0.1, -0.05) is 0 Å². The van der Waals surface area contributed by atoms with E-state index in [1.54, 1.807) is 24.5 Å². The molecule has 0 aliphatic heterocycles. The van der Waals surface area contributed by atoms with E-state index in [0.717, 1.165) is 11.1 Å². The van der Waals surface area contributed by atoms with Crippen LogP contribution in [0.25, 0.3) is 33.4 Å². The number of benzene rings is 1. The zero-order valence-electron chi connectivity index (χ0n) is 15.5. The van der Waals surface area contributed by atoms with E-state index in [1.807, 2.05) is 13.0 Å². The van der Waals surface area contributed by atoms with Crippen molar-refractivity contribution in [2.24, 2.45) is 0 Å². The van der Waals surface area contributed by atoms with Gasteiger partial charge >= 0.3 is 6.03 Å². The Morgan fingerprint density at radius 1 is 1.24 bits per heavy atom. The Balaban J connectivity index is 1.91. The molecule has 0 fully saturated rings. The molecule has 8 nitrogen and oxygen atoms in total. The lowest BCUT2D eigenvalue weighted by Crippen LogP contribution is -2.28. The Hall–Kier alpha value is -4.01. The van der Waals surface area contributed by atoms with Crippen molar-refractivity contribution in [1.82, 2.24) is 25.3 Å². The smallest absolute Gasteiger partial charge is 0.321 e. The van der Waals surface area contributed by atoms with E-state index in [2.05, 4.69) is 30.6 Å². The number of anilines is 2. The zero-order chi connectivity index (χ0) is 20.4. The van der Waals surface area contributed by atoms with Gasteiger partial charge in [-0.05, 0) is 42.8 Å². The second-order valence-electron chi connectivity index (χ2n) is 6.33. The number of aromatic nitrogens is 4. The van der Waals surface area contributed by atoms with Crippen molar-refractivity contribution >= 4 is 28.7 Å². The number of hydrogen-bond acceptors (Lipinski definition) is 5. The number of nitrogens with two attached hydrogens (primary N) is 1. The van der Waals surface area contributed by atoms with Crippen LogP contribution >= 0.6 is 0 Å². The lowest BCUT2D eigenvalue weighted by Gasteiger charge is -2.08. The van der Waals surface area contributed by atoms with Crippen molar-refractivity contribution in [3.05, 3.63) is 54.7 Å². The number of rotatable bonds is 4. The molecule has 0 atom stereocenters. The third-order valence-corrected chi connectivity index (χ3v) is 4.27. The van der Waals surface area contributed by atoms with Crippen LogP contribution in [-0.2, 0) is 0 Å². The van der Waals surface area contributed by atoms with Gasteiger partial charge in [0, 0.05) is 36.3 Å². The Labute approximate surface area is 165 Å². The van der Waals surface area contributed by atoms with E-state index in [0.29, 0.717) is 28.8 Å². The molecule has 146 valence electrons. The van der Waals surface area contributed by atoms with E-state index in [4.69, 9.17) is 5.73 Å². The average Bonchev–Trinajstić information content (AvgIpc) is 3.10. The molecule has 3 heterocycles. The maximum Gasteiger partial charge on any atom is 0.321 e. The predicted octanol–water partition coefficient (Wildman–Crippen LogP) is 3.55. The molecule has 0 aliphatic carbocycles. The first kappa shape index (κ1) is 18.4. The SMILES string of the molecule is CCNC(=O)Nc1nc2cc(-c3cncc(N)c3)cc(-c3ncccc3F)c2[nH]1. The van der Waals surface area contributed by atoms with Crippen molar-refractivity contribution in [1.29, 1.82) is 0 Å². The molecule has 1 aromatic carbocycles. The maximum absolute atomic E-state index is 14.5. The van der Waals surface area contributed by atoms with Gasteiger partial charge in [0.1, 0.15) is 11.5 Å². The number of H-pyrrole nitrogens is 1. The summed E-state index contributed by atoms with van der Waals surface area (Å²) >= 11 is 0. The van der Waals surface area contributed by atoms with Crippen LogP contribution in [0.5, 0.6) is 0 Å². The van der Waals surface area contributed by atoms with Crippen molar-refractivity contribution in [2.75, 3.05) is 17.6 Å². The molecule has 0 unspecified atom stereocenters. The Morgan fingerprint density at radius 2 is 2.10 bits per heavy atom. The van der Waals surface area contributed by atoms with Crippen molar-refractivity contribution < 1.29 is 9.18 Å². The largest absolute Gasteiger partial charge is 0.397 e. The van der Waals surface area contributed by atoms with Gasteiger partial charge in [-0.15, -0.1) is 0 Å². The van der Waals surface area contributed by atoms with Gasteiger partial charge in [-0.3, -0.25) is 15.3 Å². The molecule has 0 spiro atoms. The third kappa shape index (κ3) is 3.70. The molecule has 0 bridgehead atoms. The molecule has 4 rings (SSSR count). The second kappa shape index (κ2) is 7.55. The summed E-state index contributed by atoms with van der Waals surface area (Å²) in [6.07, 6.45) is 4.73. The van der Waals surface area contributed by atoms with Gasteiger partial charge in [0.25, 0.3) is 0 Å². The van der Waals surface area contributed by atoms with Gasteiger partial charge in [0.2, 0.25) is 5.95 Å². The first-order valence-electron chi connectivity index (χ1n) is 8.95. The van der Waals surface area contributed by atoms with Crippen LogP contribution in [0.1, 0.15) is 6.92 Å². The lowest BCUT2D eigenvalue weighted by atomic mass is 10.0. The van der Waals surface area contributed by atoms with E-state index in [9.17, 15) is 9.18 Å². The van der Waals surface area contributed by atoms with Gasteiger partial charge in [0.05, 0.1) is 16.7 Å². The summed E-state index contributed by atoms with van der Waals surface area (Å²) in [7, 11) is 0. The number of nitrogens with one attached hydrogen (secondary N) is 3. The summed E-state index contributed by atoms with van der Waals surface area (Å²) in [6.45, 7) is 2.29. The fourth-order valence-corrected chi connectivity index (χ4v) is 3.04. The fourth-order valence-electron chi connectivity index (χ4n) is 3.04. The first-order chi connectivity index (χ1) is 14.0. The molecule has 0 aliphatic rings. The van der Waals surface area contributed by atoms with E-state index in [1.165, 1.54) is 18.3 Å². The van der Waals surface area contributed by atoms with Crippen LogP contribution < -0.4 is 16.4 Å². The van der Waals surface area contributed by atoms with E-state index >= 15 is 0 Å². The molecule has 0 saturated carbocycles. The number of aromatic amines is 1. The third-order valence-electron chi connectivity index (χ3n) is 4.27. The van der Waals surface area contributed by atoms with Gasteiger partial charge in [0.15, 0.2) is 0 Å². The summed E-state index contributed by atoms with van der Waals surface area (Å²) in [4.78, 5) is 27.6. The number of carbonyl (C=O) groups is 1. The standard InChI is InChI=1S/C20H18FN7O/c1-2-24-20(29)28-19-26-16-8-11(12-6-13(22)10-23-9-12)7-14(18(16)27-19)17-15(21)4-3-5-25-17/h3-10H,2,22H2,1H3,(H3,24,26,27,28,29). The van der Waals surface area contributed by atoms with E-state index < -0.39 is 11.8 Å². The number of halogens is 1. The molecule has 3 aromatic heterocycles. The van der Waals surface area contributed by atoms with Crippen LogP contribution in [0.4, 0.5) is 20.8 Å². The van der Waals surface area contributed by atoms with Crippen molar-refractivity contribution in [3.8, 4) is 22.4 Å². The number of fused-ring (bicyclic) bond motifs is 1. The lowest BCUT2D eigenvalue weighted by molar-refractivity contribution is 0.252. The molecular formula is C20H18FN7O. The summed E-state index contributed by atoms with van der Waals surface area (Å²) in [6, 6.07) is 7.85. The molecule has 0 radical (unpaired) electrons. The molecular weight excluding hydrogens is 373 g/mol. The number of nitrogens with zero attached hydrogens (tertiary/aromatic N) is 3. The summed E-state index contributed by atoms with van der Waals surface area (Å²) in [5.74, 6) is -0.226. The number of carbonyl (C=O) groups excluding carboxylic acids is 1. The molecule has 4 aromatic rings. The molecule has 29 heavy (non-hydrogen) atoms. The van der Waals surface area contributed by atoms with Crippen LogP contribution in [0.15, 0.2) is 48.9 Å². The van der Waals surface area contributed by atoms with Crippen LogP contribution in [-0.4, -0.2) is 32.5 Å². The van der Waals surface area contributed by atoms with Crippen LogP contribution in [0.3, 0.4) is 0 Å². The average molecular weight is 391 g/mol. The minimum absolute atomic E-state index is 0.171. The van der Waals surface area contributed by atoms with Crippen molar-refractivity contribution in [3.63, 3.8) is 0 Å². The van der Waals surface area contributed by atoms with Gasteiger partial charge < -0.3 is 16.0 Å². The van der Waals surface area contributed by atoms with Crippen LogP contribution in [0, 0.1) is 5.82 Å². The minimum Gasteiger partial charge on any atom is -0.397 e. The molecule has 5 N–H and O–H groups in total. The number of nitrogen functional groups attached to an aromatic ring is 1. The minimum atomic E-state index is -0.468. The van der Waals surface area contributed by atoms with Crippen molar-refractivity contribution in [2.45, 2.75) is 6.92 Å². The second-order valence-corrected chi connectivity index (χ2v) is 6.33. The highest BCUT2D eigenvalue weighted by atomic mass is 19.1. The van der Waals surface area contributed by atoms with Gasteiger partial charge in [-0.2, -0.15) is 0 Å². The summed E-state index contributed by atoms with van der Waals surface area (Å²) in [5, 5.41) is 5.26. The van der Waals surface area contributed by atoms with Crippen LogP contribution in [0.2, 0.25) is 0 Å². The Bertz CT molecular complexity index is 1200. The maximum atomic E-state index is 14.5. The summed E-state index contributed by atoms with van der Waals surface area (Å²) in [5.41, 5.74) is 9.63. The highest BCUT2D eigenvalue weighted by Crippen LogP contribution is 2.34. The first-order valence-corrected chi connectivity index (χ1v) is 8.95. The highest BCUT2D eigenvalue weighted by molar-refractivity contribution is 5.98. The summed E-state index contributed by atoms with van der Waals surface area (Å²) < 4.78 is 14.5. The Morgan fingerprint density at radius 3 is 2.86 bits per heavy atom. The molecule has 2 amide bonds. The zero-order valence-corrected chi connectivity index (χ0v) is 15.5. The molecule has 9 heteroatoms. The highest BCUT2D eigenvalue weighted by Gasteiger charge is 2.17. The number of hydrogen-bond donors (Lipinski definition) is 4. The molecule has 0 saturated heterocycles. The number of imidazole rings is 1. The monoisotopic (exact) mass is 391 g/mol. The number of urea groups is 1. The number of pyridine rings is 2. The topological polar surface area (TPSA) is 122 Å². The Kier molecular flexibility index (Phi) is 4.78.